The molecule has 20 heavy (non-hydrogen) atoms. The second kappa shape index (κ2) is 8.45. The maximum Gasteiger partial charge on any atom is 0.242 e. The van der Waals surface area contributed by atoms with Gasteiger partial charge in [-0.05, 0) is 41.9 Å². The average Bonchev–Trinajstić information content (AvgIpc) is 2.78. The van der Waals surface area contributed by atoms with Crippen LogP contribution in [0, 0.1) is 0 Å². The molecule has 116 valence electrons. The molecule has 0 saturated heterocycles. The van der Waals surface area contributed by atoms with Gasteiger partial charge in [0.2, 0.25) is 10.0 Å². The van der Waals surface area contributed by atoms with Crippen LogP contribution in [0.1, 0.15) is 25.1 Å². The Morgan fingerprint density at radius 1 is 1.50 bits per heavy atom. The molecule has 0 aliphatic heterocycles. The molecule has 2 N–H and O–H groups in total. The zero-order valence-electron chi connectivity index (χ0n) is 11.9. The lowest BCUT2D eigenvalue weighted by Crippen LogP contribution is -2.31. The normalized spacial score (nSPS) is 13.6. The van der Waals surface area contributed by atoms with Crippen LogP contribution < -0.4 is 10.0 Å². The predicted molar refractivity (Wildman–Crippen MR) is 85.7 cm³/mol. The van der Waals surface area contributed by atoms with Crippen LogP contribution in [0.4, 0.5) is 0 Å². The summed E-state index contributed by atoms with van der Waals surface area (Å²) in [6, 6.07) is 1.71. The summed E-state index contributed by atoms with van der Waals surface area (Å²) in [6.45, 7) is 5.76. The molecule has 0 bridgehead atoms. The third-order valence-corrected chi connectivity index (χ3v) is 6.36. The number of hydrogen-bond acceptors (Lipinski definition) is 5. The molecule has 0 radical (unpaired) electrons. The minimum atomic E-state index is -3.50. The highest BCUT2D eigenvalue weighted by molar-refractivity contribution is 9.11. The summed E-state index contributed by atoms with van der Waals surface area (Å²) in [6.07, 6.45) is 0.890. The summed E-state index contributed by atoms with van der Waals surface area (Å²) in [7, 11) is -1.95. The van der Waals surface area contributed by atoms with Crippen molar-refractivity contribution in [2.75, 3.05) is 20.2 Å². The Bertz CT molecular complexity index is 517. The van der Waals surface area contributed by atoms with E-state index in [1.807, 2.05) is 6.92 Å². The first kappa shape index (κ1) is 18.1. The third-order valence-electron chi connectivity index (χ3n) is 2.69. The summed E-state index contributed by atoms with van der Waals surface area (Å²) in [5.41, 5.74) is 0. The lowest BCUT2D eigenvalue weighted by molar-refractivity contribution is 0.122. The van der Waals surface area contributed by atoms with Crippen molar-refractivity contribution in [3.8, 4) is 0 Å². The first-order valence-electron chi connectivity index (χ1n) is 6.42. The van der Waals surface area contributed by atoms with E-state index in [1.54, 1.807) is 13.2 Å². The highest BCUT2D eigenvalue weighted by Gasteiger charge is 2.21. The number of ether oxygens (including phenoxy) is 1. The molecule has 0 aliphatic carbocycles. The predicted octanol–water partition coefficient (Wildman–Crippen LogP) is 2.32. The van der Waals surface area contributed by atoms with Gasteiger partial charge in [0.05, 0.1) is 9.89 Å². The summed E-state index contributed by atoms with van der Waals surface area (Å²) >= 11 is 4.76. The van der Waals surface area contributed by atoms with Gasteiger partial charge >= 0.3 is 0 Å². The van der Waals surface area contributed by atoms with E-state index < -0.39 is 10.0 Å². The van der Waals surface area contributed by atoms with Gasteiger partial charge in [-0.1, -0.05) is 6.92 Å². The number of halogens is 1. The fourth-order valence-electron chi connectivity index (χ4n) is 1.44. The van der Waals surface area contributed by atoms with Crippen molar-refractivity contribution in [1.82, 2.24) is 10.0 Å². The lowest BCUT2D eigenvalue weighted by atomic mass is 10.4. The van der Waals surface area contributed by atoms with Crippen LogP contribution in [0.2, 0.25) is 0 Å². The zero-order valence-corrected chi connectivity index (χ0v) is 15.1. The van der Waals surface area contributed by atoms with Crippen molar-refractivity contribution >= 4 is 37.3 Å². The Morgan fingerprint density at radius 2 is 2.20 bits per heavy atom. The monoisotopic (exact) mass is 384 g/mol. The van der Waals surface area contributed by atoms with E-state index in [0.717, 1.165) is 17.8 Å². The van der Waals surface area contributed by atoms with Crippen LogP contribution in [0.5, 0.6) is 0 Å². The van der Waals surface area contributed by atoms with E-state index in [0.29, 0.717) is 15.2 Å². The molecule has 5 nitrogen and oxygen atoms in total. The summed E-state index contributed by atoms with van der Waals surface area (Å²) in [4.78, 5) is 1.28. The van der Waals surface area contributed by atoms with Gasteiger partial charge in [0, 0.05) is 25.1 Å². The molecule has 1 atom stereocenters. The van der Waals surface area contributed by atoms with Crippen LogP contribution in [0.3, 0.4) is 0 Å². The van der Waals surface area contributed by atoms with Crippen LogP contribution in [0.15, 0.2) is 14.7 Å². The van der Waals surface area contributed by atoms with E-state index in [4.69, 9.17) is 4.74 Å². The first-order valence-corrected chi connectivity index (χ1v) is 9.51. The fourth-order valence-corrected chi connectivity index (χ4v) is 5.21. The minimum Gasteiger partial charge on any atom is -0.380 e. The SMILES string of the molecule is CCCNCc1cc(S(=O)(=O)NCC(C)OC)c(Br)s1. The summed E-state index contributed by atoms with van der Waals surface area (Å²) < 4.78 is 32.6. The largest absolute Gasteiger partial charge is 0.380 e. The van der Waals surface area contributed by atoms with E-state index in [2.05, 4.69) is 32.9 Å². The molecule has 8 heteroatoms. The van der Waals surface area contributed by atoms with E-state index in [1.165, 1.54) is 11.3 Å². The van der Waals surface area contributed by atoms with E-state index >= 15 is 0 Å². The molecule has 1 aromatic rings. The van der Waals surface area contributed by atoms with Crippen LogP contribution in [-0.2, 0) is 21.3 Å². The number of thiophene rings is 1. The van der Waals surface area contributed by atoms with Gasteiger partial charge in [0.1, 0.15) is 4.90 Å². The van der Waals surface area contributed by atoms with Crippen molar-refractivity contribution in [1.29, 1.82) is 0 Å². The Hall–Kier alpha value is 0.01000. The smallest absolute Gasteiger partial charge is 0.242 e. The number of nitrogens with one attached hydrogen (secondary N) is 2. The quantitative estimate of drug-likeness (QED) is 0.641. The number of methoxy groups -OCH3 is 1. The third kappa shape index (κ3) is 5.42. The van der Waals surface area contributed by atoms with Gasteiger partial charge in [-0.25, -0.2) is 13.1 Å². The molecule has 1 heterocycles. The van der Waals surface area contributed by atoms with Gasteiger partial charge < -0.3 is 10.1 Å². The molecular weight excluding hydrogens is 364 g/mol. The summed E-state index contributed by atoms with van der Waals surface area (Å²) in [5, 5.41) is 3.26. The summed E-state index contributed by atoms with van der Waals surface area (Å²) in [5.74, 6) is 0. The second-order valence-electron chi connectivity index (χ2n) is 4.43. The Kier molecular flexibility index (Phi) is 7.63. The van der Waals surface area contributed by atoms with Gasteiger partial charge in [-0.3, -0.25) is 0 Å². The van der Waals surface area contributed by atoms with E-state index in [9.17, 15) is 8.42 Å². The topological polar surface area (TPSA) is 67.4 Å². The van der Waals surface area contributed by atoms with Gasteiger partial charge in [0.15, 0.2) is 0 Å². The first-order chi connectivity index (χ1) is 9.40. The Labute approximate surface area is 133 Å². The second-order valence-corrected chi connectivity index (χ2v) is 8.62. The Balaban J connectivity index is 2.74. The molecule has 1 rings (SSSR count). The van der Waals surface area contributed by atoms with Crippen LogP contribution >= 0.6 is 27.3 Å². The number of rotatable bonds is 9. The number of hydrogen-bond donors (Lipinski definition) is 2. The highest BCUT2D eigenvalue weighted by Crippen LogP contribution is 2.31. The standard InChI is InChI=1S/C12H21BrN2O3S2/c1-4-5-14-8-10-6-11(12(13)19-10)20(16,17)15-7-9(2)18-3/h6,9,14-15H,4-5,7-8H2,1-3H3. The average molecular weight is 385 g/mol. The molecular formula is C12H21BrN2O3S2. The Morgan fingerprint density at radius 3 is 2.80 bits per heavy atom. The maximum absolute atomic E-state index is 12.2. The molecule has 1 unspecified atom stereocenters. The lowest BCUT2D eigenvalue weighted by Gasteiger charge is -2.10. The van der Waals surface area contributed by atoms with Gasteiger partial charge in [-0.2, -0.15) is 0 Å². The highest BCUT2D eigenvalue weighted by atomic mass is 79.9. The molecule has 0 fully saturated rings. The van der Waals surface area contributed by atoms with Gasteiger partial charge in [-0.15, -0.1) is 11.3 Å². The van der Waals surface area contributed by atoms with Crippen LogP contribution in [0.25, 0.3) is 0 Å². The van der Waals surface area contributed by atoms with Crippen molar-refractivity contribution in [2.24, 2.45) is 0 Å². The molecule has 0 amide bonds. The molecule has 0 aromatic carbocycles. The minimum absolute atomic E-state index is 0.159. The van der Waals surface area contributed by atoms with Crippen molar-refractivity contribution in [2.45, 2.75) is 37.8 Å². The van der Waals surface area contributed by atoms with Crippen molar-refractivity contribution in [3.05, 3.63) is 14.7 Å². The van der Waals surface area contributed by atoms with Crippen molar-refractivity contribution in [3.63, 3.8) is 0 Å². The van der Waals surface area contributed by atoms with Crippen LogP contribution in [-0.4, -0.2) is 34.7 Å². The fraction of sp³-hybridized carbons (Fsp3) is 0.667. The van der Waals surface area contributed by atoms with Crippen molar-refractivity contribution < 1.29 is 13.2 Å². The maximum atomic E-state index is 12.2. The van der Waals surface area contributed by atoms with Gasteiger partial charge in [0.25, 0.3) is 0 Å². The molecule has 1 aromatic heterocycles. The molecule has 0 spiro atoms. The molecule has 0 aliphatic rings. The van der Waals surface area contributed by atoms with E-state index in [-0.39, 0.29) is 12.6 Å². The zero-order chi connectivity index (χ0) is 15.2. The molecule has 0 saturated carbocycles. The number of sulfonamides is 1.